The minimum atomic E-state index is -1.17. The van der Waals surface area contributed by atoms with Crippen molar-refractivity contribution in [3.8, 4) is 11.8 Å². The van der Waals surface area contributed by atoms with Crippen molar-refractivity contribution in [1.29, 1.82) is 5.26 Å². The maximum Gasteiger partial charge on any atom is 0.306 e. The molecule has 0 fully saturated rings. The Balaban J connectivity index is 3.41. The maximum atomic E-state index is 12.7. The fourth-order valence-corrected chi connectivity index (χ4v) is 0.781. The van der Waals surface area contributed by atoms with Gasteiger partial charge >= 0.3 is 5.69 Å². The van der Waals surface area contributed by atoms with Gasteiger partial charge in [-0.2, -0.15) is 9.65 Å². The third-order valence-corrected chi connectivity index (χ3v) is 1.38. The van der Waals surface area contributed by atoms with Gasteiger partial charge in [-0.1, -0.05) is 0 Å². The number of benzene rings is 1. The Labute approximate surface area is 71.8 Å². The standard InChI is InChI=1S/C7H3FN2O3/c8-5-2-7(11)4(3-9)1-6(5)10(12)13/h1-2,11H. The molecule has 0 aliphatic heterocycles. The summed E-state index contributed by atoms with van der Waals surface area (Å²) in [6, 6.07) is 2.72. The number of phenolic OH excluding ortho intramolecular Hbond substituents is 1. The second-order valence-corrected chi connectivity index (χ2v) is 2.19. The fourth-order valence-electron chi connectivity index (χ4n) is 0.781. The summed E-state index contributed by atoms with van der Waals surface area (Å²) >= 11 is 0. The molecule has 0 aromatic heterocycles. The van der Waals surface area contributed by atoms with Gasteiger partial charge in [-0.15, -0.1) is 0 Å². The zero-order valence-corrected chi connectivity index (χ0v) is 6.19. The highest BCUT2D eigenvalue weighted by molar-refractivity contribution is 5.50. The van der Waals surface area contributed by atoms with Crippen LogP contribution in [0.1, 0.15) is 5.56 Å². The van der Waals surface area contributed by atoms with Gasteiger partial charge in [0.1, 0.15) is 17.4 Å². The number of phenols is 1. The summed E-state index contributed by atoms with van der Waals surface area (Å²) in [6.45, 7) is 0. The van der Waals surface area contributed by atoms with Crippen molar-refractivity contribution in [2.45, 2.75) is 0 Å². The highest BCUT2D eigenvalue weighted by Crippen LogP contribution is 2.25. The monoisotopic (exact) mass is 182 g/mol. The number of nitrogens with zero attached hydrogens (tertiary/aromatic N) is 2. The normalized spacial score (nSPS) is 9.23. The average molecular weight is 182 g/mol. The molecule has 1 aromatic rings. The van der Waals surface area contributed by atoms with Crippen molar-refractivity contribution in [3.63, 3.8) is 0 Å². The Morgan fingerprint density at radius 1 is 1.62 bits per heavy atom. The van der Waals surface area contributed by atoms with Crippen LogP contribution in [0, 0.1) is 27.3 Å². The van der Waals surface area contributed by atoms with Gasteiger partial charge < -0.3 is 5.11 Å². The van der Waals surface area contributed by atoms with Crippen molar-refractivity contribution in [3.05, 3.63) is 33.6 Å². The largest absolute Gasteiger partial charge is 0.506 e. The number of halogens is 1. The number of aromatic hydroxyl groups is 1. The van der Waals surface area contributed by atoms with Crippen molar-refractivity contribution in [2.24, 2.45) is 0 Å². The zero-order chi connectivity index (χ0) is 10.0. The lowest BCUT2D eigenvalue weighted by Crippen LogP contribution is -1.93. The maximum absolute atomic E-state index is 12.7. The Bertz CT molecular complexity index is 411. The molecule has 1 aromatic carbocycles. The summed E-state index contributed by atoms with van der Waals surface area (Å²) in [5.74, 6) is -1.77. The van der Waals surface area contributed by atoms with Crippen LogP contribution in [0.2, 0.25) is 0 Å². The average Bonchev–Trinajstić information content (AvgIpc) is 2.03. The molecule has 0 saturated carbocycles. The number of nitriles is 1. The van der Waals surface area contributed by atoms with Gasteiger partial charge in [-0.25, -0.2) is 0 Å². The first kappa shape index (κ1) is 8.93. The van der Waals surface area contributed by atoms with E-state index in [0.717, 1.165) is 0 Å². The minimum absolute atomic E-state index is 0.326. The van der Waals surface area contributed by atoms with Crippen LogP contribution in [0.5, 0.6) is 5.75 Å². The number of rotatable bonds is 1. The predicted octanol–water partition coefficient (Wildman–Crippen LogP) is 1.31. The Kier molecular flexibility index (Phi) is 2.11. The van der Waals surface area contributed by atoms with Gasteiger partial charge in [0.15, 0.2) is 0 Å². The SMILES string of the molecule is N#Cc1cc([N+](=O)[O-])c(F)cc1O. The molecular formula is C7H3FN2O3. The van der Waals surface area contributed by atoms with E-state index in [-0.39, 0.29) is 5.56 Å². The van der Waals surface area contributed by atoms with Crippen LogP contribution in [0.25, 0.3) is 0 Å². The van der Waals surface area contributed by atoms with Crippen molar-refractivity contribution in [1.82, 2.24) is 0 Å². The molecule has 0 amide bonds. The first-order valence-electron chi connectivity index (χ1n) is 3.13. The second-order valence-electron chi connectivity index (χ2n) is 2.19. The number of nitro benzene ring substituents is 1. The van der Waals surface area contributed by atoms with E-state index in [2.05, 4.69) is 0 Å². The van der Waals surface area contributed by atoms with E-state index in [1.54, 1.807) is 0 Å². The summed E-state index contributed by atoms with van der Waals surface area (Å²) in [5, 5.41) is 27.4. The van der Waals surface area contributed by atoms with Gasteiger partial charge in [-0.05, 0) is 0 Å². The summed E-state index contributed by atoms with van der Waals surface area (Å²) in [4.78, 5) is 9.21. The third kappa shape index (κ3) is 1.54. The van der Waals surface area contributed by atoms with E-state index in [9.17, 15) is 14.5 Å². The molecule has 0 bridgehead atoms. The molecule has 0 saturated heterocycles. The van der Waals surface area contributed by atoms with E-state index >= 15 is 0 Å². The summed E-state index contributed by atoms with van der Waals surface area (Å²) < 4.78 is 12.7. The predicted molar refractivity (Wildman–Crippen MR) is 39.4 cm³/mol. The fraction of sp³-hybridized carbons (Fsp3) is 0. The number of nitro groups is 1. The van der Waals surface area contributed by atoms with Crippen LogP contribution >= 0.6 is 0 Å². The number of hydrogen-bond acceptors (Lipinski definition) is 4. The molecule has 0 aliphatic carbocycles. The molecule has 5 nitrogen and oxygen atoms in total. The molecule has 0 spiro atoms. The molecule has 6 heteroatoms. The van der Waals surface area contributed by atoms with E-state index in [1.165, 1.54) is 6.07 Å². The second kappa shape index (κ2) is 3.06. The molecule has 0 unspecified atom stereocenters. The molecule has 1 rings (SSSR count). The highest BCUT2D eigenvalue weighted by atomic mass is 19.1. The van der Waals surface area contributed by atoms with Crippen LogP contribution in [-0.4, -0.2) is 10.0 Å². The van der Waals surface area contributed by atoms with E-state index in [4.69, 9.17) is 10.4 Å². The van der Waals surface area contributed by atoms with Crippen LogP contribution in [-0.2, 0) is 0 Å². The van der Waals surface area contributed by atoms with E-state index in [0.29, 0.717) is 12.1 Å². The molecule has 0 radical (unpaired) electrons. The molecule has 1 N–H and O–H groups in total. The van der Waals surface area contributed by atoms with Gasteiger partial charge in [0.2, 0.25) is 5.82 Å². The molecule has 0 heterocycles. The number of hydrogen-bond donors (Lipinski definition) is 1. The molecule has 0 aliphatic rings. The Morgan fingerprint density at radius 2 is 2.23 bits per heavy atom. The van der Waals surface area contributed by atoms with E-state index < -0.39 is 22.2 Å². The highest BCUT2D eigenvalue weighted by Gasteiger charge is 2.17. The first-order valence-corrected chi connectivity index (χ1v) is 3.13. The Morgan fingerprint density at radius 3 is 2.69 bits per heavy atom. The molecule has 0 atom stereocenters. The van der Waals surface area contributed by atoms with Gasteiger partial charge in [0.25, 0.3) is 0 Å². The summed E-state index contributed by atoms with van der Waals surface area (Å²) in [7, 11) is 0. The quantitative estimate of drug-likeness (QED) is 0.523. The zero-order valence-electron chi connectivity index (χ0n) is 6.19. The summed E-state index contributed by atoms with van der Waals surface area (Å²) in [6.07, 6.45) is 0. The molecule has 66 valence electrons. The van der Waals surface area contributed by atoms with E-state index in [1.807, 2.05) is 0 Å². The topological polar surface area (TPSA) is 87.2 Å². The van der Waals surface area contributed by atoms with Crippen LogP contribution in [0.15, 0.2) is 12.1 Å². The first-order chi connectivity index (χ1) is 6.06. The third-order valence-electron chi connectivity index (χ3n) is 1.38. The lowest BCUT2D eigenvalue weighted by molar-refractivity contribution is -0.387. The van der Waals surface area contributed by atoms with Crippen molar-refractivity contribution >= 4 is 5.69 Å². The van der Waals surface area contributed by atoms with Gasteiger partial charge in [-0.3, -0.25) is 10.1 Å². The minimum Gasteiger partial charge on any atom is -0.506 e. The smallest absolute Gasteiger partial charge is 0.306 e. The summed E-state index contributed by atoms with van der Waals surface area (Å²) in [5.41, 5.74) is -1.15. The van der Waals surface area contributed by atoms with Crippen LogP contribution < -0.4 is 0 Å². The molecule has 13 heavy (non-hydrogen) atoms. The van der Waals surface area contributed by atoms with Crippen molar-refractivity contribution < 1.29 is 14.4 Å². The van der Waals surface area contributed by atoms with Crippen LogP contribution in [0.4, 0.5) is 10.1 Å². The van der Waals surface area contributed by atoms with Crippen molar-refractivity contribution in [2.75, 3.05) is 0 Å². The van der Waals surface area contributed by atoms with Gasteiger partial charge in [0.05, 0.1) is 4.92 Å². The Hall–Kier alpha value is -2.16. The molecular weight excluding hydrogens is 179 g/mol. The lowest BCUT2D eigenvalue weighted by atomic mass is 10.2. The lowest BCUT2D eigenvalue weighted by Gasteiger charge is -1.96. The van der Waals surface area contributed by atoms with Crippen LogP contribution in [0.3, 0.4) is 0 Å². The van der Waals surface area contributed by atoms with Gasteiger partial charge in [0, 0.05) is 12.1 Å².